The molecule has 0 aromatic carbocycles. The molecule has 1 fully saturated rings. The Balaban J connectivity index is 2.33. The average molecular weight is 224 g/mol. The van der Waals surface area contributed by atoms with Gasteiger partial charge in [-0.25, -0.2) is 14.2 Å². The number of halogens is 1. The van der Waals surface area contributed by atoms with Crippen LogP contribution in [0.2, 0.25) is 0 Å². The molecule has 2 rings (SSSR count). The molecule has 1 atom stereocenters. The van der Waals surface area contributed by atoms with E-state index >= 15 is 0 Å². The minimum absolute atomic E-state index is 0.107. The second kappa shape index (κ2) is 4.08. The topological polar surface area (TPSA) is 53.4 Å². The van der Waals surface area contributed by atoms with E-state index in [2.05, 4.69) is 4.98 Å². The number of aromatic nitrogens is 1. The number of carbonyl (C=O) groups is 1. The lowest BCUT2D eigenvalue weighted by atomic mass is 10.2. The summed E-state index contributed by atoms with van der Waals surface area (Å²) in [5.74, 6) is -1.29. The van der Waals surface area contributed by atoms with Gasteiger partial charge >= 0.3 is 5.97 Å². The Morgan fingerprint density at radius 2 is 2.38 bits per heavy atom. The molecule has 1 aromatic rings. The third kappa shape index (κ3) is 1.98. The number of hydrogen-bond acceptors (Lipinski definition) is 3. The fourth-order valence-electron chi connectivity index (χ4n) is 1.71. The van der Waals surface area contributed by atoms with Crippen LogP contribution < -0.4 is 4.90 Å². The number of aliphatic carboxylic acids is 1. The smallest absolute Gasteiger partial charge is 0.326 e. The lowest BCUT2D eigenvalue weighted by Crippen LogP contribution is -2.41. The van der Waals surface area contributed by atoms with Crippen LogP contribution in [0.4, 0.5) is 10.2 Å². The van der Waals surface area contributed by atoms with E-state index in [0.717, 1.165) is 12.8 Å². The van der Waals surface area contributed by atoms with Crippen LogP contribution in [-0.2, 0) is 4.79 Å². The van der Waals surface area contributed by atoms with Crippen LogP contribution in [0.3, 0.4) is 0 Å². The van der Waals surface area contributed by atoms with Gasteiger partial charge in [-0.2, -0.15) is 0 Å². The van der Waals surface area contributed by atoms with Gasteiger partial charge in [0.1, 0.15) is 6.04 Å². The molecule has 1 saturated carbocycles. The zero-order chi connectivity index (χ0) is 11.7. The van der Waals surface area contributed by atoms with Gasteiger partial charge in [0.2, 0.25) is 0 Å². The fourth-order valence-corrected chi connectivity index (χ4v) is 1.71. The summed E-state index contributed by atoms with van der Waals surface area (Å²) in [6.07, 6.45) is 3.27. The number of anilines is 1. The average Bonchev–Trinajstić information content (AvgIpc) is 3.05. The maximum absolute atomic E-state index is 13.6. The molecular weight excluding hydrogens is 211 g/mol. The Kier molecular flexibility index (Phi) is 2.77. The monoisotopic (exact) mass is 224 g/mol. The van der Waals surface area contributed by atoms with Crippen LogP contribution in [0.1, 0.15) is 19.8 Å². The zero-order valence-corrected chi connectivity index (χ0v) is 8.93. The fraction of sp³-hybridized carbons (Fsp3) is 0.455. The number of rotatable bonds is 4. The second-order valence-corrected chi connectivity index (χ2v) is 3.96. The first-order valence-corrected chi connectivity index (χ1v) is 5.23. The van der Waals surface area contributed by atoms with Gasteiger partial charge < -0.3 is 10.0 Å². The van der Waals surface area contributed by atoms with Crippen LogP contribution in [0, 0.1) is 5.82 Å². The van der Waals surface area contributed by atoms with Crippen molar-refractivity contribution in [3.63, 3.8) is 0 Å². The van der Waals surface area contributed by atoms with Crippen LogP contribution in [-0.4, -0.2) is 28.1 Å². The predicted octanol–water partition coefficient (Wildman–Crippen LogP) is 1.66. The standard InChI is InChI=1S/C11H13FN2O2/c1-7(11(15)16)14(8-4-5-8)10-9(12)3-2-6-13-10/h2-3,6-8H,4-5H2,1H3,(H,15,16). The van der Waals surface area contributed by atoms with Gasteiger partial charge in [0.15, 0.2) is 11.6 Å². The molecule has 1 aliphatic rings. The Bertz CT molecular complexity index is 407. The van der Waals surface area contributed by atoms with Gasteiger partial charge in [0.25, 0.3) is 0 Å². The van der Waals surface area contributed by atoms with Gasteiger partial charge in [-0.3, -0.25) is 0 Å². The van der Waals surface area contributed by atoms with Crippen LogP contribution in [0.5, 0.6) is 0 Å². The molecule has 1 N–H and O–H groups in total. The molecule has 0 aliphatic heterocycles. The Morgan fingerprint density at radius 3 is 2.88 bits per heavy atom. The highest BCUT2D eigenvalue weighted by Crippen LogP contribution is 2.33. The van der Waals surface area contributed by atoms with Crippen molar-refractivity contribution in [2.75, 3.05) is 4.90 Å². The molecule has 1 heterocycles. The van der Waals surface area contributed by atoms with E-state index in [1.807, 2.05) is 0 Å². The summed E-state index contributed by atoms with van der Waals surface area (Å²) in [6, 6.07) is 2.15. The first-order chi connectivity index (χ1) is 7.61. The Hall–Kier alpha value is -1.65. The van der Waals surface area contributed by atoms with Crippen molar-refractivity contribution in [2.45, 2.75) is 31.8 Å². The van der Waals surface area contributed by atoms with Crippen LogP contribution >= 0.6 is 0 Å². The maximum atomic E-state index is 13.6. The first kappa shape index (κ1) is 10.9. The Morgan fingerprint density at radius 1 is 1.69 bits per heavy atom. The molecule has 16 heavy (non-hydrogen) atoms. The van der Waals surface area contributed by atoms with E-state index in [-0.39, 0.29) is 11.9 Å². The molecule has 5 heteroatoms. The lowest BCUT2D eigenvalue weighted by Gasteiger charge is -2.27. The normalized spacial score (nSPS) is 16.9. The van der Waals surface area contributed by atoms with Crippen molar-refractivity contribution in [3.8, 4) is 0 Å². The molecule has 86 valence electrons. The summed E-state index contributed by atoms with van der Waals surface area (Å²) in [6.45, 7) is 1.55. The molecule has 0 radical (unpaired) electrons. The molecule has 4 nitrogen and oxygen atoms in total. The van der Waals surface area contributed by atoms with Crippen molar-refractivity contribution in [3.05, 3.63) is 24.1 Å². The summed E-state index contributed by atoms with van der Waals surface area (Å²) in [5.41, 5.74) is 0. The third-order valence-electron chi connectivity index (χ3n) is 2.70. The molecule has 0 saturated heterocycles. The summed E-state index contributed by atoms with van der Waals surface area (Å²) < 4.78 is 13.6. The minimum atomic E-state index is -0.961. The number of nitrogens with zero attached hydrogens (tertiary/aromatic N) is 2. The summed E-state index contributed by atoms with van der Waals surface area (Å²) >= 11 is 0. The van der Waals surface area contributed by atoms with Crippen LogP contribution in [0.25, 0.3) is 0 Å². The van der Waals surface area contributed by atoms with Crippen molar-refractivity contribution >= 4 is 11.8 Å². The highest BCUT2D eigenvalue weighted by Gasteiger charge is 2.37. The SMILES string of the molecule is CC(C(=O)O)N(c1ncccc1F)C1CC1. The third-order valence-corrected chi connectivity index (χ3v) is 2.70. The van der Waals surface area contributed by atoms with Crippen molar-refractivity contribution < 1.29 is 14.3 Å². The number of hydrogen-bond donors (Lipinski definition) is 1. The van der Waals surface area contributed by atoms with Gasteiger partial charge in [-0.1, -0.05) is 0 Å². The van der Waals surface area contributed by atoms with Gasteiger partial charge in [-0.15, -0.1) is 0 Å². The summed E-state index contributed by atoms with van der Waals surface area (Å²) in [4.78, 5) is 16.4. The highest BCUT2D eigenvalue weighted by atomic mass is 19.1. The minimum Gasteiger partial charge on any atom is -0.480 e. The molecule has 0 amide bonds. The molecule has 1 unspecified atom stereocenters. The van der Waals surface area contributed by atoms with E-state index in [9.17, 15) is 9.18 Å². The van der Waals surface area contributed by atoms with E-state index in [1.54, 1.807) is 11.8 Å². The van der Waals surface area contributed by atoms with Crippen molar-refractivity contribution in [2.24, 2.45) is 0 Å². The predicted molar refractivity (Wildman–Crippen MR) is 56.8 cm³/mol. The number of carboxylic acid groups (broad SMARTS) is 1. The number of carboxylic acids is 1. The van der Waals surface area contributed by atoms with Gasteiger partial charge in [-0.05, 0) is 31.9 Å². The quantitative estimate of drug-likeness (QED) is 0.845. The second-order valence-electron chi connectivity index (χ2n) is 3.96. The molecule has 1 aliphatic carbocycles. The van der Waals surface area contributed by atoms with Gasteiger partial charge in [0, 0.05) is 12.2 Å². The largest absolute Gasteiger partial charge is 0.480 e. The molecule has 0 spiro atoms. The van der Waals surface area contributed by atoms with E-state index in [1.165, 1.54) is 18.3 Å². The van der Waals surface area contributed by atoms with Crippen molar-refractivity contribution in [1.29, 1.82) is 0 Å². The van der Waals surface area contributed by atoms with Crippen LogP contribution in [0.15, 0.2) is 18.3 Å². The maximum Gasteiger partial charge on any atom is 0.326 e. The van der Waals surface area contributed by atoms with E-state index in [4.69, 9.17) is 5.11 Å². The molecular formula is C11H13FN2O2. The number of pyridine rings is 1. The molecule has 0 bridgehead atoms. The zero-order valence-electron chi connectivity index (χ0n) is 8.93. The van der Waals surface area contributed by atoms with Crippen molar-refractivity contribution in [1.82, 2.24) is 4.98 Å². The highest BCUT2D eigenvalue weighted by molar-refractivity contribution is 5.77. The summed E-state index contributed by atoms with van der Waals surface area (Å²) in [5, 5.41) is 8.99. The summed E-state index contributed by atoms with van der Waals surface area (Å²) in [7, 11) is 0. The lowest BCUT2D eigenvalue weighted by molar-refractivity contribution is -0.138. The molecule has 1 aromatic heterocycles. The Labute approximate surface area is 92.7 Å². The van der Waals surface area contributed by atoms with E-state index < -0.39 is 17.8 Å². The van der Waals surface area contributed by atoms with Gasteiger partial charge in [0.05, 0.1) is 0 Å². The van der Waals surface area contributed by atoms with E-state index in [0.29, 0.717) is 0 Å². The first-order valence-electron chi connectivity index (χ1n) is 5.23.